The Morgan fingerprint density at radius 1 is 1.47 bits per heavy atom. The highest BCUT2D eigenvalue weighted by Crippen LogP contribution is 2.12. The second-order valence-electron chi connectivity index (χ2n) is 3.41. The predicted octanol–water partition coefficient (Wildman–Crippen LogP) is 2.48. The number of ether oxygens (including phenoxy) is 1. The lowest BCUT2D eigenvalue weighted by Crippen LogP contribution is -2.32. The zero-order valence-corrected chi connectivity index (χ0v) is 9.90. The standard InChI is InChI=1S/C11H16BNOS/c1-2-3-5-9-8-14-10(6-4-7-12)11(15)13-9/h5-6H,2-4,7-8H2,1H3,(H,13,15)/b9-5+,10-6-. The number of hydrogen-bond donors (Lipinski definition) is 1. The van der Waals surface area contributed by atoms with Crippen LogP contribution in [0.4, 0.5) is 0 Å². The van der Waals surface area contributed by atoms with Crippen molar-refractivity contribution in [2.45, 2.75) is 32.5 Å². The number of thiocarbonyl (C=S) groups is 1. The van der Waals surface area contributed by atoms with Crippen molar-refractivity contribution in [1.82, 2.24) is 5.32 Å². The van der Waals surface area contributed by atoms with Gasteiger partial charge >= 0.3 is 0 Å². The van der Waals surface area contributed by atoms with Crippen LogP contribution in [0.3, 0.4) is 0 Å². The molecule has 0 aromatic carbocycles. The van der Waals surface area contributed by atoms with Crippen molar-refractivity contribution in [3.63, 3.8) is 0 Å². The molecule has 0 atom stereocenters. The lowest BCUT2D eigenvalue weighted by Gasteiger charge is -2.22. The molecule has 0 amide bonds. The minimum absolute atomic E-state index is 0.580. The Kier molecular flexibility index (Phi) is 5.47. The molecule has 15 heavy (non-hydrogen) atoms. The third-order valence-corrected chi connectivity index (χ3v) is 2.36. The molecule has 0 unspecified atom stereocenters. The smallest absolute Gasteiger partial charge is 0.150 e. The number of morpholine rings is 1. The van der Waals surface area contributed by atoms with Crippen LogP contribution < -0.4 is 5.32 Å². The summed E-state index contributed by atoms with van der Waals surface area (Å²) >= 11 is 5.18. The summed E-state index contributed by atoms with van der Waals surface area (Å²) in [5.74, 6) is 0.754. The summed E-state index contributed by atoms with van der Waals surface area (Å²) in [6.07, 6.45) is 7.67. The van der Waals surface area contributed by atoms with E-state index in [1.54, 1.807) is 0 Å². The summed E-state index contributed by atoms with van der Waals surface area (Å²) in [6, 6.07) is 0. The van der Waals surface area contributed by atoms with E-state index in [1.165, 1.54) is 0 Å². The molecule has 1 aliphatic heterocycles. The molecule has 80 valence electrons. The van der Waals surface area contributed by atoms with Crippen molar-refractivity contribution in [2.24, 2.45) is 0 Å². The second kappa shape index (κ2) is 6.67. The number of rotatable bonds is 4. The van der Waals surface area contributed by atoms with Crippen LogP contribution in [0.25, 0.3) is 0 Å². The molecule has 1 fully saturated rings. The van der Waals surface area contributed by atoms with E-state index < -0.39 is 0 Å². The van der Waals surface area contributed by atoms with E-state index in [-0.39, 0.29) is 0 Å². The second-order valence-corrected chi connectivity index (χ2v) is 3.81. The average molecular weight is 221 g/mol. The molecular weight excluding hydrogens is 205 g/mol. The Bertz CT molecular complexity index is 286. The lowest BCUT2D eigenvalue weighted by atomic mass is 10.0. The van der Waals surface area contributed by atoms with Crippen molar-refractivity contribution < 1.29 is 4.74 Å². The zero-order valence-electron chi connectivity index (χ0n) is 9.08. The van der Waals surface area contributed by atoms with E-state index in [2.05, 4.69) is 18.3 Å². The first-order chi connectivity index (χ1) is 7.27. The van der Waals surface area contributed by atoms with Crippen LogP contribution in [-0.2, 0) is 4.74 Å². The molecule has 2 nitrogen and oxygen atoms in total. The summed E-state index contributed by atoms with van der Waals surface area (Å²) in [5, 5.41) is 3.17. The van der Waals surface area contributed by atoms with Gasteiger partial charge in [-0.15, -0.1) is 0 Å². The average Bonchev–Trinajstić information content (AvgIpc) is 2.25. The molecule has 4 heteroatoms. The van der Waals surface area contributed by atoms with E-state index in [1.807, 2.05) is 6.08 Å². The minimum Gasteiger partial charge on any atom is -0.485 e. The van der Waals surface area contributed by atoms with Gasteiger partial charge in [0.1, 0.15) is 11.6 Å². The molecular formula is C11H16BNOS. The molecule has 0 bridgehead atoms. The van der Waals surface area contributed by atoms with Gasteiger partial charge in [-0.3, -0.25) is 0 Å². The van der Waals surface area contributed by atoms with Crippen LogP contribution in [0.2, 0.25) is 6.32 Å². The van der Waals surface area contributed by atoms with Crippen molar-refractivity contribution >= 4 is 25.1 Å². The maximum atomic E-state index is 5.54. The molecule has 0 aliphatic carbocycles. The Balaban J connectivity index is 2.51. The topological polar surface area (TPSA) is 21.3 Å². The molecule has 0 saturated carbocycles. The fraction of sp³-hybridized carbons (Fsp3) is 0.545. The summed E-state index contributed by atoms with van der Waals surface area (Å²) in [7, 11) is 5.41. The molecule has 1 heterocycles. The van der Waals surface area contributed by atoms with Gasteiger partial charge in [0.2, 0.25) is 0 Å². The van der Waals surface area contributed by atoms with Gasteiger partial charge in [-0.1, -0.05) is 38.0 Å². The fourth-order valence-electron chi connectivity index (χ4n) is 1.26. The van der Waals surface area contributed by atoms with Gasteiger partial charge in [0, 0.05) is 5.70 Å². The van der Waals surface area contributed by atoms with Gasteiger partial charge in [0.25, 0.3) is 0 Å². The van der Waals surface area contributed by atoms with Crippen molar-refractivity contribution in [3.8, 4) is 0 Å². The zero-order chi connectivity index (χ0) is 11.1. The van der Waals surface area contributed by atoms with Crippen LogP contribution >= 0.6 is 12.2 Å². The van der Waals surface area contributed by atoms with E-state index in [0.717, 1.165) is 30.7 Å². The SMILES string of the molecule is [B]CC/C=C1\OC/C(=C\CCC)NC1=S. The quantitative estimate of drug-likeness (QED) is 0.447. The third kappa shape index (κ3) is 4.08. The van der Waals surface area contributed by atoms with E-state index in [0.29, 0.717) is 17.9 Å². The summed E-state index contributed by atoms with van der Waals surface area (Å²) in [6.45, 7) is 2.72. The van der Waals surface area contributed by atoms with Gasteiger partial charge < -0.3 is 10.1 Å². The van der Waals surface area contributed by atoms with Crippen molar-refractivity contribution in [1.29, 1.82) is 0 Å². The Morgan fingerprint density at radius 2 is 2.27 bits per heavy atom. The first-order valence-corrected chi connectivity index (χ1v) is 5.72. The normalized spacial score (nSPS) is 21.5. The maximum Gasteiger partial charge on any atom is 0.150 e. The van der Waals surface area contributed by atoms with Gasteiger partial charge in [-0.25, -0.2) is 0 Å². The summed E-state index contributed by atoms with van der Waals surface area (Å²) in [5.41, 5.74) is 1.06. The van der Waals surface area contributed by atoms with Gasteiger partial charge in [-0.05, 0) is 18.9 Å². The predicted molar refractivity (Wildman–Crippen MR) is 67.9 cm³/mol. The van der Waals surface area contributed by atoms with E-state index in [4.69, 9.17) is 24.8 Å². The fourth-order valence-corrected chi connectivity index (χ4v) is 1.53. The highest BCUT2D eigenvalue weighted by molar-refractivity contribution is 7.80. The lowest BCUT2D eigenvalue weighted by molar-refractivity contribution is 0.243. The van der Waals surface area contributed by atoms with Crippen LogP contribution in [0, 0.1) is 0 Å². The van der Waals surface area contributed by atoms with Crippen molar-refractivity contribution in [2.75, 3.05) is 6.61 Å². The molecule has 1 aliphatic rings. The van der Waals surface area contributed by atoms with Crippen molar-refractivity contribution in [3.05, 3.63) is 23.6 Å². The molecule has 2 radical (unpaired) electrons. The molecule has 1 N–H and O–H groups in total. The Morgan fingerprint density at radius 3 is 2.87 bits per heavy atom. The minimum atomic E-state index is 0.580. The monoisotopic (exact) mass is 221 g/mol. The molecule has 0 spiro atoms. The van der Waals surface area contributed by atoms with Gasteiger partial charge in [0.15, 0.2) is 5.76 Å². The number of allylic oxidation sites excluding steroid dienone is 2. The van der Waals surface area contributed by atoms with Gasteiger partial charge in [-0.2, -0.15) is 0 Å². The largest absolute Gasteiger partial charge is 0.485 e. The van der Waals surface area contributed by atoms with Crippen LogP contribution in [0.15, 0.2) is 23.6 Å². The van der Waals surface area contributed by atoms with Gasteiger partial charge in [0.05, 0.1) is 7.85 Å². The van der Waals surface area contributed by atoms with E-state index >= 15 is 0 Å². The molecule has 1 saturated heterocycles. The molecule has 0 aromatic heterocycles. The summed E-state index contributed by atoms with van der Waals surface area (Å²) in [4.78, 5) is 0.664. The molecule has 0 aromatic rings. The van der Waals surface area contributed by atoms with Crippen LogP contribution in [-0.4, -0.2) is 19.4 Å². The van der Waals surface area contributed by atoms with Crippen LogP contribution in [0.5, 0.6) is 0 Å². The Hall–Kier alpha value is -0.765. The highest BCUT2D eigenvalue weighted by Gasteiger charge is 2.14. The number of nitrogens with one attached hydrogen (secondary N) is 1. The maximum absolute atomic E-state index is 5.54. The molecule has 1 rings (SSSR count). The third-order valence-electron chi connectivity index (χ3n) is 2.06. The summed E-state index contributed by atoms with van der Waals surface area (Å²) < 4.78 is 5.54. The number of hydrogen-bond acceptors (Lipinski definition) is 2. The van der Waals surface area contributed by atoms with E-state index in [9.17, 15) is 0 Å². The first kappa shape index (κ1) is 12.3. The first-order valence-electron chi connectivity index (χ1n) is 5.31. The highest BCUT2D eigenvalue weighted by atomic mass is 32.1. The number of unbranched alkanes of at least 4 members (excludes halogenated alkanes) is 1. The van der Waals surface area contributed by atoms with Crippen LogP contribution in [0.1, 0.15) is 26.2 Å². The Labute approximate surface area is 98.2 Å².